The number of hydrogen-bond acceptors (Lipinski definition) is 4. The summed E-state index contributed by atoms with van der Waals surface area (Å²) in [6, 6.07) is 4.72. The van der Waals surface area contributed by atoms with Crippen molar-refractivity contribution in [3.8, 4) is 5.75 Å². The van der Waals surface area contributed by atoms with Crippen molar-refractivity contribution in [2.24, 2.45) is 0 Å². The van der Waals surface area contributed by atoms with E-state index in [0.717, 1.165) is 0 Å². The molecule has 1 rings (SSSR count). The number of aliphatic carboxylic acids is 1. The summed E-state index contributed by atoms with van der Waals surface area (Å²) in [5.74, 6) is -0.961. The Balaban J connectivity index is 3.07. The molecule has 1 aromatic rings. The van der Waals surface area contributed by atoms with Crippen LogP contribution in [-0.4, -0.2) is 47.4 Å². The minimum absolute atomic E-state index is 0.0120. The maximum atomic E-state index is 12.5. The Morgan fingerprint density at radius 1 is 1.30 bits per heavy atom. The maximum Gasteiger partial charge on any atom is 0.323 e. The summed E-state index contributed by atoms with van der Waals surface area (Å²) >= 11 is 0. The van der Waals surface area contributed by atoms with E-state index in [1.807, 2.05) is 13.8 Å². The van der Waals surface area contributed by atoms with Gasteiger partial charge in [-0.1, -0.05) is 6.92 Å². The van der Waals surface area contributed by atoms with E-state index < -0.39 is 5.97 Å². The monoisotopic (exact) mass is 321 g/mol. The lowest BCUT2D eigenvalue weighted by Crippen LogP contribution is -2.42. The van der Waals surface area contributed by atoms with Gasteiger partial charge in [-0.05, 0) is 38.5 Å². The van der Waals surface area contributed by atoms with E-state index in [9.17, 15) is 14.4 Å². The molecule has 6 heteroatoms. The number of amides is 1. The normalized spacial score (nSPS) is 11.7. The van der Waals surface area contributed by atoms with Gasteiger partial charge in [-0.25, -0.2) is 0 Å². The van der Waals surface area contributed by atoms with Gasteiger partial charge in [0.25, 0.3) is 0 Å². The number of carboxylic acids is 1. The summed E-state index contributed by atoms with van der Waals surface area (Å²) in [5, 5.41) is 9.00. The van der Waals surface area contributed by atoms with Gasteiger partial charge in [0.05, 0.1) is 13.5 Å². The summed E-state index contributed by atoms with van der Waals surface area (Å²) in [4.78, 5) is 36.3. The highest BCUT2D eigenvalue weighted by atomic mass is 16.5. The molecule has 0 aliphatic carbocycles. The highest BCUT2D eigenvalue weighted by Gasteiger charge is 2.23. The Morgan fingerprint density at radius 2 is 1.96 bits per heavy atom. The predicted molar refractivity (Wildman–Crippen MR) is 85.8 cm³/mol. The molecule has 1 unspecified atom stereocenters. The molecule has 0 aromatic heterocycles. The lowest BCUT2D eigenvalue weighted by atomic mass is 10.0. The van der Waals surface area contributed by atoms with Crippen molar-refractivity contribution < 1.29 is 24.2 Å². The summed E-state index contributed by atoms with van der Waals surface area (Å²) in [5.41, 5.74) is 1.06. The smallest absolute Gasteiger partial charge is 0.323 e. The van der Waals surface area contributed by atoms with Crippen LogP contribution in [0.5, 0.6) is 5.75 Å². The minimum Gasteiger partial charge on any atom is -0.496 e. The Kier molecular flexibility index (Phi) is 6.75. The van der Waals surface area contributed by atoms with Crippen LogP contribution in [0.25, 0.3) is 0 Å². The highest BCUT2D eigenvalue weighted by molar-refractivity contribution is 5.95. The number of carboxylic acid groups (broad SMARTS) is 1. The third-order valence-electron chi connectivity index (χ3n) is 3.78. The first-order valence-electron chi connectivity index (χ1n) is 7.49. The number of hydrogen-bond donors (Lipinski definition) is 1. The number of Topliss-reactive ketones (excluding diaryl/α,β-unsaturated/α-hetero) is 1. The number of benzene rings is 1. The van der Waals surface area contributed by atoms with Gasteiger partial charge in [-0.2, -0.15) is 0 Å². The molecule has 0 radical (unpaired) electrons. The van der Waals surface area contributed by atoms with Crippen LogP contribution in [0.3, 0.4) is 0 Å². The van der Waals surface area contributed by atoms with Crippen molar-refractivity contribution in [2.75, 3.05) is 13.7 Å². The summed E-state index contributed by atoms with van der Waals surface area (Å²) in [6.45, 7) is 4.81. The van der Waals surface area contributed by atoms with E-state index in [1.165, 1.54) is 18.9 Å². The van der Waals surface area contributed by atoms with Crippen LogP contribution in [0.2, 0.25) is 0 Å². The molecule has 0 saturated carbocycles. The lowest BCUT2D eigenvalue weighted by molar-refractivity contribution is -0.145. The van der Waals surface area contributed by atoms with Crippen LogP contribution >= 0.6 is 0 Å². The number of ether oxygens (including phenoxy) is 1. The molecule has 0 bridgehead atoms. The number of ketones is 1. The average Bonchev–Trinajstić information content (AvgIpc) is 2.51. The number of carbonyl (C=O) groups excluding carboxylic acids is 2. The molecule has 0 fully saturated rings. The fourth-order valence-electron chi connectivity index (χ4n) is 2.26. The molecule has 23 heavy (non-hydrogen) atoms. The Hall–Kier alpha value is -2.37. The molecule has 1 amide bonds. The fourth-order valence-corrected chi connectivity index (χ4v) is 2.26. The van der Waals surface area contributed by atoms with Crippen LogP contribution < -0.4 is 4.74 Å². The quantitative estimate of drug-likeness (QED) is 0.742. The van der Waals surface area contributed by atoms with Crippen LogP contribution in [0.15, 0.2) is 18.2 Å². The zero-order valence-corrected chi connectivity index (χ0v) is 14.0. The van der Waals surface area contributed by atoms with Crippen molar-refractivity contribution in [3.63, 3.8) is 0 Å². The van der Waals surface area contributed by atoms with Gasteiger partial charge in [0, 0.05) is 17.2 Å². The summed E-state index contributed by atoms with van der Waals surface area (Å²) in [7, 11) is 1.49. The third kappa shape index (κ3) is 5.09. The Bertz CT molecular complexity index is 597. The molecule has 0 aliphatic heterocycles. The van der Waals surface area contributed by atoms with Crippen LogP contribution in [-0.2, 0) is 16.0 Å². The zero-order valence-electron chi connectivity index (χ0n) is 14.0. The van der Waals surface area contributed by atoms with Gasteiger partial charge in [-0.15, -0.1) is 0 Å². The summed E-state index contributed by atoms with van der Waals surface area (Å²) in [6.07, 6.45) is 0.644. The second-order valence-corrected chi connectivity index (χ2v) is 5.43. The van der Waals surface area contributed by atoms with E-state index in [0.29, 0.717) is 23.3 Å². The number of rotatable bonds is 8. The second-order valence-electron chi connectivity index (χ2n) is 5.43. The molecule has 6 nitrogen and oxygen atoms in total. The average molecular weight is 321 g/mol. The first-order valence-corrected chi connectivity index (χ1v) is 7.49. The first kappa shape index (κ1) is 18.7. The van der Waals surface area contributed by atoms with Gasteiger partial charge in [0.15, 0.2) is 5.78 Å². The van der Waals surface area contributed by atoms with Crippen LogP contribution in [0, 0.1) is 0 Å². The van der Waals surface area contributed by atoms with E-state index in [4.69, 9.17) is 9.84 Å². The van der Waals surface area contributed by atoms with Gasteiger partial charge in [-0.3, -0.25) is 14.4 Å². The fraction of sp³-hybridized carbons (Fsp3) is 0.471. The number of carbonyl (C=O) groups is 3. The molecule has 0 spiro atoms. The molecule has 1 atom stereocenters. The van der Waals surface area contributed by atoms with Gasteiger partial charge in [0.2, 0.25) is 5.91 Å². The Labute approximate surface area is 136 Å². The molecule has 1 N–H and O–H groups in total. The van der Waals surface area contributed by atoms with Crippen molar-refractivity contribution in [1.29, 1.82) is 0 Å². The molecule has 0 heterocycles. The largest absolute Gasteiger partial charge is 0.496 e. The molecule has 126 valence electrons. The van der Waals surface area contributed by atoms with E-state index in [1.54, 1.807) is 18.2 Å². The van der Waals surface area contributed by atoms with E-state index in [2.05, 4.69) is 0 Å². The first-order chi connectivity index (χ1) is 10.8. The zero-order chi connectivity index (χ0) is 17.6. The van der Waals surface area contributed by atoms with Gasteiger partial charge in [0.1, 0.15) is 12.3 Å². The lowest BCUT2D eigenvalue weighted by Gasteiger charge is -2.27. The second kappa shape index (κ2) is 8.31. The van der Waals surface area contributed by atoms with Crippen molar-refractivity contribution >= 4 is 17.7 Å². The van der Waals surface area contributed by atoms with Crippen molar-refractivity contribution in [3.05, 3.63) is 29.3 Å². The van der Waals surface area contributed by atoms with E-state index >= 15 is 0 Å². The third-order valence-corrected chi connectivity index (χ3v) is 3.78. The van der Waals surface area contributed by atoms with Crippen LogP contribution in [0.4, 0.5) is 0 Å². The maximum absolute atomic E-state index is 12.5. The summed E-state index contributed by atoms with van der Waals surface area (Å²) < 4.78 is 5.23. The highest BCUT2D eigenvalue weighted by Crippen LogP contribution is 2.22. The van der Waals surface area contributed by atoms with Crippen LogP contribution in [0.1, 0.15) is 43.1 Å². The van der Waals surface area contributed by atoms with Gasteiger partial charge >= 0.3 is 5.97 Å². The molecular formula is C17H23NO5. The SMILES string of the molecule is CCC(C)N(CC(=O)O)C(=O)Cc1cc(C(C)=O)ccc1OC. The molecule has 0 aliphatic rings. The van der Waals surface area contributed by atoms with Crippen molar-refractivity contribution in [1.82, 2.24) is 4.90 Å². The number of nitrogens with zero attached hydrogens (tertiary/aromatic N) is 1. The standard InChI is InChI=1S/C17H23NO5/c1-5-11(2)18(10-17(21)22)16(20)9-14-8-13(12(3)19)6-7-15(14)23-4/h6-8,11H,5,9-10H2,1-4H3,(H,21,22). The van der Waals surface area contributed by atoms with E-state index in [-0.39, 0.29) is 30.7 Å². The van der Waals surface area contributed by atoms with Gasteiger partial charge < -0.3 is 14.7 Å². The van der Waals surface area contributed by atoms with Crippen molar-refractivity contribution in [2.45, 2.75) is 39.7 Å². The minimum atomic E-state index is -1.05. The topological polar surface area (TPSA) is 83.9 Å². The molecular weight excluding hydrogens is 298 g/mol. The molecule has 1 aromatic carbocycles. The Morgan fingerprint density at radius 3 is 2.43 bits per heavy atom. The molecule has 0 saturated heterocycles. The number of methoxy groups -OCH3 is 1. The predicted octanol–water partition coefficient (Wildman–Crippen LogP) is 2.15.